The molecule has 0 radical (unpaired) electrons. The van der Waals surface area contributed by atoms with Crippen LogP contribution in [0.15, 0.2) is 18.5 Å². The highest BCUT2D eigenvalue weighted by Crippen LogP contribution is 2.56. The number of H-pyrrole nitrogens is 1. The summed E-state index contributed by atoms with van der Waals surface area (Å²) >= 11 is 0. The Bertz CT molecular complexity index is 820. The minimum atomic E-state index is -0.462. The number of carbonyl (C=O) groups excluding carboxylic acids is 1. The van der Waals surface area contributed by atoms with Gasteiger partial charge in [0.2, 0.25) is 0 Å². The number of amides is 1. The predicted octanol–water partition coefficient (Wildman–Crippen LogP) is 2.59. The first-order chi connectivity index (χ1) is 11.5. The summed E-state index contributed by atoms with van der Waals surface area (Å²) in [5.74, 6) is 1.12. The molecule has 6 rings (SSSR count). The van der Waals surface area contributed by atoms with E-state index in [4.69, 9.17) is 5.73 Å². The Balaban J connectivity index is 0.00000157. The van der Waals surface area contributed by atoms with Crippen LogP contribution < -0.4 is 11.1 Å². The van der Waals surface area contributed by atoms with Gasteiger partial charge in [-0.3, -0.25) is 4.79 Å². The molecule has 4 saturated carbocycles. The number of hydrogen-bond acceptors (Lipinski definition) is 4. The number of carbonyl (C=O) groups is 1. The van der Waals surface area contributed by atoms with Crippen molar-refractivity contribution < 1.29 is 9.90 Å². The van der Waals surface area contributed by atoms with Gasteiger partial charge in [-0.2, -0.15) is 0 Å². The number of anilines is 1. The molecule has 0 saturated heterocycles. The average molecular weight is 407 g/mol. The van der Waals surface area contributed by atoms with Gasteiger partial charge in [-0.1, -0.05) is 0 Å². The summed E-state index contributed by atoms with van der Waals surface area (Å²) in [6.07, 6.45) is 8.42. The Morgan fingerprint density at radius 3 is 2.68 bits per heavy atom. The fourth-order valence-electron chi connectivity index (χ4n) is 5.73. The predicted molar refractivity (Wildman–Crippen MR) is 101 cm³/mol. The SMILES string of the molecule is Br.NC(=O)c1cnc2[nH]ccc2c1NC1C2CC3C[C@H]1CC(O)(C3)C2. The molecule has 0 aliphatic heterocycles. The van der Waals surface area contributed by atoms with Crippen LogP contribution in [0.5, 0.6) is 0 Å². The van der Waals surface area contributed by atoms with Crippen LogP contribution >= 0.6 is 17.0 Å². The van der Waals surface area contributed by atoms with E-state index in [1.54, 1.807) is 6.20 Å². The molecule has 7 heteroatoms. The molecule has 5 N–H and O–H groups in total. The Hall–Kier alpha value is -1.60. The van der Waals surface area contributed by atoms with E-state index in [2.05, 4.69) is 15.3 Å². The van der Waals surface area contributed by atoms with E-state index in [0.717, 1.165) is 36.0 Å². The molecule has 0 aromatic carbocycles. The van der Waals surface area contributed by atoms with Gasteiger partial charge < -0.3 is 21.1 Å². The van der Waals surface area contributed by atoms with Gasteiger partial charge in [-0.15, -0.1) is 17.0 Å². The van der Waals surface area contributed by atoms with Gasteiger partial charge in [-0.05, 0) is 55.9 Å². The number of nitrogens with one attached hydrogen (secondary N) is 2. The lowest BCUT2D eigenvalue weighted by Crippen LogP contribution is -2.59. The molecule has 2 aromatic rings. The molecule has 25 heavy (non-hydrogen) atoms. The Morgan fingerprint density at radius 2 is 2.04 bits per heavy atom. The fourth-order valence-corrected chi connectivity index (χ4v) is 5.73. The summed E-state index contributed by atoms with van der Waals surface area (Å²) < 4.78 is 0. The summed E-state index contributed by atoms with van der Waals surface area (Å²) in [4.78, 5) is 19.3. The minimum Gasteiger partial charge on any atom is -0.390 e. The van der Waals surface area contributed by atoms with Crippen LogP contribution in [0, 0.1) is 17.8 Å². The number of halogens is 1. The zero-order valence-electron chi connectivity index (χ0n) is 13.9. The molecule has 5 atom stereocenters. The second kappa shape index (κ2) is 5.71. The highest BCUT2D eigenvalue weighted by Gasteiger charge is 2.54. The van der Waals surface area contributed by atoms with Gasteiger partial charge in [0.05, 0.1) is 16.9 Å². The molecular weight excluding hydrogens is 384 g/mol. The number of rotatable bonds is 3. The second-order valence-corrected chi connectivity index (χ2v) is 8.02. The number of aliphatic hydroxyl groups is 1. The topological polar surface area (TPSA) is 104 Å². The third-order valence-corrected chi connectivity index (χ3v) is 6.40. The van der Waals surface area contributed by atoms with Crippen molar-refractivity contribution >= 4 is 39.6 Å². The van der Waals surface area contributed by atoms with Crippen LogP contribution in [0.4, 0.5) is 5.69 Å². The first kappa shape index (κ1) is 16.8. The van der Waals surface area contributed by atoms with E-state index in [1.165, 1.54) is 12.8 Å². The van der Waals surface area contributed by atoms with Gasteiger partial charge in [-0.25, -0.2) is 4.98 Å². The Morgan fingerprint density at radius 1 is 1.32 bits per heavy atom. The van der Waals surface area contributed by atoms with Crippen molar-refractivity contribution in [2.75, 3.05) is 5.32 Å². The van der Waals surface area contributed by atoms with Gasteiger partial charge in [0, 0.05) is 23.8 Å². The quantitative estimate of drug-likeness (QED) is 0.628. The summed E-state index contributed by atoms with van der Waals surface area (Å²) in [5, 5.41) is 15.3. The smallest absolute Gasteiger partial charge is 0.252 e. The molecule has 2 aromatic heterocycles. The molecule has 4 bridgehead atoms. The summed E-state index contributed by atoms with van der Waals surface area (Å²) in [5.41, 5.74) is 7.10. The van der Waals surface area contributed by atoms with Gasteiger partial charge in [0.15, 0.2) is 0 Å². The third kappa shape index (κ3) is 2.56. The van der Waals surface area contributed by atoms with E-state index in [-0.39, 0.29) is 17.0 Å². The standard InChI is InChI=1S/C18H22N4O2.BrH/c19-16(23)13-8-21-17-12(1-2-20-17)15(13)22-14-10-3-9-4-11(14)7-18(24,5-9)6-10;/h1-2,8-11,14,24H,3-7H2,(H2,19,23)(H2,20,21,22);1H/t9?,10-,11?,14?,18?;/m0./s1. The molecule has 4 fully saturated rings. The summed E-state index contributed by atoms with van der Waals surface area (Å²) in [6, 6.07) is 2.22. The number of aromatic amines is 1. The molecule has 6 nitrogen and oxygen atoms in total. The molecule has 4 aliphatic rings. The number of nitrogens with zero attached hydrogens (tertiary/aromatic N) is 1. The number of hydrogen-bond donors (Lipinski definition) is 4. The van der Waals surface area contributed by atoms with Crippen LogP contribution in [0.25, 0.3) is 11.0 Å². The first-order valence-electron chi connectivity index (χ1n) is 8.77. The van der Waals surface area contributed by atoms with Gasteiger partial charge in [0.1, 0.15) is 5.65 Å². The summed E-state index contributed by atoms with van der Waals surface area (Å²) in [6.45, 7) is 0. The van der Waals surface area contributed by atoms with Crippen LogP contribution in [0.2, 0.25) is 0 Å². The van der Waals surface area contributed by atoms with Gasteiger partial charge >= 0.3 is 0 Å². The molecule has 4 aliphatic carbocycles. The highest BCUT2D eigenvalue weighted by atomic mass is 79.9. The number of primary amides is 1. The number of nitrogens with two attached hydrogens (primary N) is 1. The molecule has 0 spiro atoms. The average Bonchev–Trinajstić information content (AvgIpc) is 2.97. The van der Waals surface area contributed by atoms with Crippen molar-refractivity contribution in [3.63, 3.8) is 0 Å². The molecule has 1 amide bonds. The highest BCUT2D eigenvalue weighted by molar-refractivity contribution is 8.93. The molecular formula is C18H23BrN4O2. The number of aromatic nitrogens is 2. The van der Waals surface area contributed by atoms with E-state index < -0.39 is 11.5 Å². The lowest BCUT2D eigenvalue weighted by Gasteiger charge is -2.58. The van der Waals surface area contributed by atoms with E-state index in [9.17, 15) is 9.90 Å². The summed E-state index contributed by atoms with van der Waals surface area (Å²) in [7, 11) is 0. The lowest BCUT2D eigenvalue weighted by molar-refractivity contribution is -0.129. The van der Waals surface area contributed by atoms with Crippen molar-refractivity contribution in [3.8, 4) is 0 Å². The number of fused-ring (bicyclic) bond motifs is 1. The van der Waals surface area contributed by atoms with Crippen molar-refractivity contribution in [2.45, 2.75) is 43.7 Å². The third-order valence-electron chi connectivity index (χ3n) is 6.40. The van der Waals surface area contributed by atoms with Crippen molar-refractivity contribution in [2.24, 2.45) is 23.5 Å². The van der Waals surface area contributed by atoms with Crippen LogP contribution in [-0.2, 0) is 0 Å². The second-order valence-electron chi connectivity index (χ2n) is 8.02. The first-order valence-corrected chi connectivity index (χ1v) is 8.77. The van der Waals surface area contributed by atoms with Crippen molar-refractivity contribution in [3.05, 3.63) is 24.0 Å². The maximum atomic E-state index is 11.9. The molecule has 2 heterocycles. The Kier molecular flexibility index (Phi) is 3.85. The van der Waals surface area contributed by atoms with Crippen LogP contribution in [-0.4, -0.2) is 32.6 Å². The zero-order valence-corrected chi connectivity index (χ0v) is 15.6. The lowest BCUT2D eigenvalue weighted by atomic mass is 9.52. The van der Waals surface area contributed by atoms with Crippen LogP contribution in [0.3, 0.4) is 0 Å². The molecule has 4 unspecified atom stereocenters. The van der Waals surface area contributed by atoms with Crippen LogP contribution in [0.1, 0.15) is 42.5 Å². The maximum Gasteiger partial charge on any atom is 0.252 e. The normalized spacial score (nSPS) is 35.6. The maximum absolute atomic E-state index is 11.9. The number of pyridine rings is 1. The molecule has 134 valence electrons. The van der Waals surface area contributed by atoms with E-state index in [0.29, 0.717) is 29.4 Å². The monoisotopic (exact) mass is 406 g/mol. The van der Waals surface area contributed by atoms with Crippen molar-refractivity contribution in [1.29, 1.82) is 0 Å². The largest absolute Gasteiger partial charge is 0.390 e. The minimum absolute atomic E-state index is 0. The van der Waals surface area contributed by atoms with Gasteiger partial charge in [0.25, 0.3) is 5.91 Å². The van der Waals surface area contributed by atoms with Crippen molar-refractivity contribution in [1.82, 2.24) is 9.97 Å². The zero-order chi connectivity index (χ0) is 16.5. The van der Waals surface area contributed by atoms with E-state index >= 15 is 0 Å². The Labute approximate surface area is 156 Å². The fraction of sp³-hybridized carbons (Fsp3) is 0.556. The van der Waals surface area contributed by atoms with E-state index in [1.807, 2.05) is 12.3 Å².